The largest absolute Gasteiger partial charge is 0.468 e. The number of anilines is 1. The van der Waals surface area contributed by atoms with E-state index in [1.807, 2.05) is 24.3 Å². The van der Waals surface area contributed by atoms with Crippen LogP contribution in [0.2, 0.25) is 0 Å². The summed E-state index contributed by atoms with van der Waals surface area (Å²) in [6.07, 6.45) is 5.15. The maximum Gasteiger partial charge on any atom is 0.170 e. The van der Waals surface area contributed by atoms with Gasteiger partial charge in [0.2, 0.25) is 0 Å². The fourth-order valence-electron chi connectivity index (χ4n) is 1.41. The van der Waals surface area contributed by atoms with E-state index in [4.69, 9.17) is 16.6 Å². The Hall–Kier alpha value is -1.53. The molecule has 2 aromatic rings. The molecule has 4 nitrogen and oxygen atoms in total. The molecule has 0 unspecified atom stereocenters. The zero-order valence-electron chi connectivity index (χ0n) is 10.3. The number of nitrogens with zero attached hydrogens (tertiary/aromatic N) is 1. The summed E-state index contributed by atoms with van der Waals surface area (Å²) in [5.41, 5.74) is 0.940. The first-order valence-corrected chi connectivity index (χ1v) is 7.46. The molecular weight excluding hydrogens is 278 g/mol. The van der Waals surface area contributed by atoms with E-state index < -0.39 is 0 Å². The van der Waals surface area contributed by atoms with Gasteiger partial charge in [-0.25, -0.2) is 0 Å². The number of rotatable bonds is 6. The molecule has 0 aliphatic heterocycles. The summed E-state index contributed by atoms with van der Waals surface area (Å²) < 4.78 is 5.25. The highest BCUT2D eigenvalue weighted by Crippen LogP contribution is 2.11. The van der Waals surface area contributed by atoms with Crippen LogP contribution in [0.1, 0.15) is 5.76 Å². The minimum absolute atomic E-state index is 0.629. The molecule has 0 radical (unpaired) electrons. The van der Waals surface area contributed by atoms with E-state index in [0.29, 0.717) is 5.11 Å². The molecule has 0 aliphatic rings. The van der Waals surface area contributed by atoms with Crippen molar-refractivity contribution in [3.05, 3.63) is 48.7 Å². The van der Waals surface area contributed by atoms with E-state index >= 15 is 0 Å². The van der Waals surface area contributed by atoms with Crippen LogP contribution in [0.4, 0.5) is 5.69 Å². The minimum Gasteiger partial charge on any atom is -0.468 e. The molecule has 0 saturated carbocycles. The summed E-state index contributed by atoms with van der Waals surface area (Å²) in [6.45, 7) is 0.822. The molecule has 2 rings (SSSR count). The Labute approximate surface area is 122 Å². The summed E-state index contributed by atoms with van der Waals surface area (Å²) in [4.78, 5) is 3.95. The number of nitrogens with one attached hydrogen (secondary N) is 2. The Balaban J connectivity index is 1.57. The normalized spacial score (nSPS) is 10.1. The molecule has 2 heterocycles. The third-order valence-electron chi connectivity index (χ3n) is 2.29. The predicted molar refractivity (Wildman–Crippen MR) is 83.3 cm³/mol. The van der Waals surface area contributed by atoms with Gasteiger partial charge in [-0.05, 0) is 36.5 Å². The Morgan fingerprint density at radius 3 is 2.89 bits per heavy atom. The lowest BCUT2D eigenvalue weighted by atomic mass is 10.4. The lowest BCUT2D eigenvalue weighted by Crippen LogP contribution is -2.30. The van der Waals surface area contributed by atoms with Gasteiger partial charge in [0.1, 0.15) is 5.76 Å². The van der Waals surface area contributed by atoms with Crippen LogP contribution in [0, 0.1) is 0 Å². The van der Waals surface area contributed by atoms with E-state index in [1.54, 1.807) is 30.4 Å². The topological polar surface area (TPSA) is 50.1 Å². The van der Waals surface area contributed by atoms with Crippen LogP contribution in [0.3, 0.4) is 0 Å². The van der Waals surface area contributed by atoms with Gasteiger partial charge in [-0.15, -0.1) is 0 Å². The number of thioether (sulfide) groups is 1. The van der Waals surface area contributed by atoms with E-state index in [2.05, 4.69) is 15.6 Å². The molecule has 100 valence electrons. The second kappa shape index (κ2) is 7.81. The van der Waals surface area contributed by atoms with Crippen molar-refractivity contribution in [3.8, 4) is 0 Å². The maximum atomic E-state index is 5.25. The van der Waals surface area contributed by atoms with Crippen LogP contribution >= 0.6 is 24.0 Å². The molecule has 0 fully saturated rings. The molecule has 0 bridgehead atoms. The third kappa shape index (κ3) is 5.32. The van der Waals surface area contributed by atoms with Gasteiger partial charge in [0.15, 0.2) is 5.11 Å². The zero-order valence-corrected chi connectivity index (χ0v) is 12.0. The van der Waals surface area contributed by atoms with Crippen LogP contribution in [0.5, 0.6) is 0 Å². The number of hydrogen-bond donors (Lipinski definition) is 2. The van der Waals surface area contributed by atoms with E-state index in [9.17, 15) is 0 Å². The molecule has 0 atom stereocenters. The molecule has 19 heavy (non-hydrogen) atoms. The average molecular weight is 293 g/mol. The lowest BCUT2D eigenvalue weighted by Gasteiger charge is -2.09. The van der Waals surface area contributed by atoms with Crippen LogP contribution in [0.15, 0.2) is 47.3 Å². The van der Waals surface area contributed by atoms with Crippen LogP contribution in [-0.4, -0.2) is 22.4 Å². The molecule has 0 amide bonds. The number of aromatic nitrogens is 1. The molecule has 6 heteroatoms. The van der Waals surface area contributed by atoms with Gasteiger partial charge < -0.3 is 15.1 Å². The lowest BCUT2D eigenvalue weighted by molar-refractivity contribution is 0.530. The highest BCUT2D eigenvalue weighted by atomic mass is 32.2. The molecule has 2 aromatic heterocycles. The Kier molecular flexibility index (Phi) is 5.71. The van der Waals surface area contributed by atoms with Gasteiger partial charge in [-0.3, -0.25) is 4.98 Å². The summed E-state index contributed by atoms with van der Waals surface area (Å²) >= 11 is 7.00. The first-order chi connectivity index (χ1) is 9.34. The van der Waals surface area contributed by atoms with Crippen molar-refractivity contribution in [2.45, 2.75) is 5.75 Å². The van der Waals surface area contributed by atoms with Gasteiger partial charge >= 0.3 is 0 Å². The Morgan fingerprint density at radius 2 is 2.16 bits per heavy atom. The van der Waals surface area contributed by atoms with Gasteiger partial charge in [0.25, 0.3) is 0 Å². The minimum atomic E-state index is 0.629. The highest BCUT2D eigenvalue weighted by molar-refractivity contribution is 7.98. The van der Waals surface area contributed by atoms with Crippen molar-refractivity contribution < 1.29 is 4.42 Å². The molecule has 0 saturated heterocycles. The van der Waals surface area contributed by atoms with Gasteiger partial charge in [-0.1, -0.05) is 0 Å². The monoisotopic (exact) mass is 293 g/mol. The summed E-state index contributed by atoms with van der Waals surface area (Å²) in [6, 6.07) is 7.64. The van der Waals surface area contributed by atoms with Crippen molar-refractivity contribution >= 4 is 34.8 Å². The molecule has 0 spiro atoms. The molecule has 0 aromatic carbocycles. The van der Waals surface area contributed by atoms with Crippen molar-refractivity contribution in [1.82, 2.24) is 10.3 Å². The smallest absolute Gasteiger partial charge is 0.170 e. The van der Waals surface area contributed by atoms with E-state index in [-0.39, 0.29) is 0 Å². The molecule has 2 N–H and O–H groups in total. The molecular formula is C13H15N3OS2. The van der Waals surface area contributed by atoms with E-state index in [0.717, 1.165) is 29.5 Å². The van der Waals surface area contributed by atoms with Crippen molar-refractivity contribution in [2.75, 3.05) is 17.6 Å². The predicted octanol–water partition coefficient (Wildman–Crippen LogP) is 2.89. The third-order valence-corrected chi connectivity index (χ3v) is 3.52. The molecule has 0 aliphatic carbocycles. The Bertz CT molecular complexity index is 488. The first kappa shape index (κ1) is 13.9. The standard InChI is InChI=1S/C13H15N3OS2/c18-13(16-11-3-5-14-6-4-11)15-7-9-19-10-12-2-1-8-17-12/h1-6,8H,7,9-10H2,(H2,14,15,16,18). The second-order valence-electron chi connectivity index (χ2n) is 3.75. The summed E-state index contributed by atoms with van der Waals surface area (Å²) in [5.74, 6) is 2.86. The van der Waals surface area contributed by atoms with Crippen LogP contribution in [-0.2, 0) is 5.75 Å². The van der Waals surface area contributed by atoms with Crippen molar-refractivity contribution in [1.29, 1.82) is 0 Å². The quantitative estimate of drug-likeness (QED) is 0.631. The van der Waals surface area contributed by atoms with Crippen LogP contribution in [0.25, 0.3) is 0 Å². The SMILES string of the molecule is S=C(NCCSCc1ccco1)Nc1ccncc1. The number of pyridine rings is 1. The van der Waals surface area contributed by atoms with Gasteiger partial charge in [0.05, 0.1) is 12.0 Å². The fraction of sp³-hybridized carbons (Fsp3) is 0.231. The number of hydrogen-bond acceptors (Lipinski definition) is 4. The van der Waals surface area contributed by atoms with Gasteiger partial charge in [0, 0.05) is 30.4 Å². The van der Waals surface area contributed by atoms with Crippen molar-refractivity contribution in [3.63, 3.8) is 0 Å². The number of furan rings is 1. The van der Waals surface area contributed by atoms with Crippen molar-refractivity contribution in [2.24, 2.45) is 0 Å². The van der Waals surface area contributed by atoms with Crippen LogP contribution < -0.4 is 10.6 Å². The fourth-order valence-corrected chi connectivity index (χ4v) is 2.39. The average Bonchev–Trinajstić information content (AvgIpc) is 2.92. The van der Waals surface area contributed by atoms with E-state index in [1.165, 1.54) is 0 Å². The summed E-state index contributed by atoms with van der Waals surface area (Å²) in [5, 5.41) is 6.89. The number of thiocarbonyl (C=S) groups is 1. The maximum absolute atomic E-state index is 5.25. The zero-order chi connectivity index (χ0) is 13.3. The highest BCUT2D eigenvalue weighted by Gasteiger charge is 1.98. The second-order valence-corrected chi connectivity index (χ2v) is 5.26. The summed E-state index contributed by atoms with van der Waals surface area (Å²) in [7, 11) is 0. The first-order valence-electron chi connectivity index (χ1n) is 5.89. The Morgan fingerprint density at radius 1 is 1.32 bits per heavy atom. The van der Waals surface area contributed by atoms with Gasteiger partial charge in [-0.2, -0.15) is 11.8 Å².